The minimum Gasteiger partial charge on any atom is -0.496 e. The van der Waals surface area contributed by atoms with Crippen molar-refractivity contribution in [2.75, 3.05) is 7.11 Å². The first-order valence-electron chi connectivity index (χ1n) is 8.18. The summed E-state index contributed by atoms with van der Waals surface area (Å²) in [4.78, 5) is 12.4. The van der Waals surface area contributed by atoms with Gasteiger partial charge in [-0.15, -0.1) is 0 Å². The molecule has 4 nitrogen and oxygen atoms in total. The number of hydrogen-bond donors (Lipinski definition) is 1. The molecule has 0 bridgehead atoms. The zero-order valence-electron chi connectivity index (χ0n) is 14.8. The molecule has 24 heavy (non-hydrogen) atoms. The van der Waals surface area contributed by atoms with E-state index in [-0.39, 0.29) is 5.91 Å². The van der Waals surface area contributed by atoms with Crippen LogP contribution in [0.2, 0.25) is 0 Å². The average molecular weight is 327 g/mol. The molecule has 1 unspecified atom stereocenters. The molecule has 1 N–H and O–H groups in total. The second-order valence-corrected chi connectivity index (χ2v) is 5.79. The molecule has 0 spiro atoms. The van der Waals surface area contributed by atoms with Crippen LogP contribution in [-0.4, -0.2) is 19.1 Å². The van der Waals surface area contributed by atoms with Gasteiger partial charge in [-0.3, -0.25) is 4.79 Å². The summed E-state index contributed by atoms with van der Waals surface area (Å²) in [6.07, 6.45) is 0.0897. The van der Waals surface area contributed by atoms with Crippen LogP contribution in [0.1, 0.15) is 30.0 Å². The van der Waals surface area contributed by atoms with Crippen LogP contribution in [0.5, 0.6) is 11.5 Å². The van der Waals surface area contributed by atoms with Crippen molar-refractivity contribution < 1.29 is 14.3 Å². The highest BCUT2D eigenvalue weighted by molar-refractivity contribution is 5.81. The van der Waals surface area contributed by atoms with Crippen LogP contribution in [0.4, 0.5) is 0 Å². The predicted molar refractivity (Wildman–Crippen MR) is 95.5 cm³/mol. The van der Waals surface area contributed by atoms with E-state index in [1.54, 1.807) is 7.11 Å². The summed E-state index contributed by atoms with van der Waals surface area (Å²) in [5, 5.41) is 2.93. The van der Waals surface area contributed by atoms with E-state index in [0.717, 1.165) is 22.6 Å². The third kappa shape index (κ3) is 4.51. The second-order valence-electron chi connectivity index (χ2n) is 5.79. The van der Waals surface area contributed by atoms with Crippen LogP contribution in [0.3, 0.4) is 0 Å². The van der Waals surface area contributed by atoms with Crippen LogP contribution in [0.15, 0.2) is 42.5 Å². The molecule has 0 aliphatic rings. The Morgan fingerprint density at radius 3 is 2.54 bits per heavy atom. The van der Waals surface area contributed by atoms with Gasteiger partial charge in [0.2, 0.25) is 0 Å². The molecule has 1 amide bonds. The molecule has 0 fully saturated rings. The number of rotatable bonds is 7. The minimum atomic E-state index is -0.512. The molecular weight excluding hydrogens is 302 g/mol. The highest BCUT2D eigenvalue weighted by Crippen LogP contribution is 2.19. The van der Waals surface area contributed by atoms with E-state index in [4.69, 9.17) is 9.47 Å². The van der Waals surface area contributed by atoms with Gasteiger partial charge < -0.3 is 14.8 Å². The van der Waals surface area contributed by atoms with Crippen molar-refractivity contribution in [1.29, 1.82) is 0 Å². The van der Waals surface area contributed by atoms with Gasteiger partial charge in [0, 0.05) is 12.1 Å². The number of amides is 1. The molecule has 0 heterocycles. The maximum absolute atomic E-state index is 12.4. The number of carbonyl (C=O) groups excluding carboxylic acids is 1. The molecule has 2 aromatic rings. The molecular formula is C20H25NO3. The van der Waals surface area contributed by atoms with Crippen LogP contribution in [-0.2, 0) is 11.3 Å². The maximum atomic E-state index is 12.4. The summed E-state index contributed by atoms with van der Waals surface area (Å²) in [5.41, 5.74) is 3.29. The van der Waals surface area contributed by atoms with E-state index in [2.05, 4.69) is 12.2 Å². The maximum Gasteiger partial charge on any atom is 0.261 e. The third-order valence-corrected chi connectivity index (χ3v) is 4.07. The van der Waals surface area contributed by atoms with E-state index in [0.29, 0.717) is 13.0 Å². The van der Waals surface area contributed by atoms with Gasteiger partial charge in [0.25, 0.3) is 5.91 Å². The first-order chi connectivity index (χ1) is 11.5. The van der Waals surface area contributed by atoms with E-state index in [1.165, 1.54) is 5.56 Å². The Bertz CT molecular complexity index is 697. The van der Waals surface area contributed by atoms with Crippen LogP contribution >= 0.6 is 0 Å². The largest absolute Gasteiger partial charge is 0.496 e. The highest BCUT2D eigenvalue weighted by atomic mass is 16.5. The van der Waals surface area contributed by atoms with Gasteiger partial charge in [-0.2, -0.15) is 0 Å². The molecule has 0 aliphatic carbocycles. The van der Waals surface area contributed by atoms with Crippen LogP contribution in [0, 0.1) is 13.8 Å². The minimum absolute atomic E-state index is 0.123. The van der Waals surface area contributed by atoms with Gasteiger partial charge >= 0.3 is 0 Å². The number of aryl methyl sites for hydroxylation is 2. The number of methoxy groups -OCH3 is 1. The Morgan fingerprint density at radius 1 is 1.12 bits per heavy atom. The number of carbonyl (C=O) groups is 1. The van der Waals surface area contributed by atoms with Crippen molar-refractivity contribution in [3.05, 3.63) is 59.2 Å². The van der Waals surface area contributed by atoms with Gasteiger partial charge in [0.05, 0.1) is 7.11 Å². The van der Waals surface area contributed by atoms with Crippen molar-refractivity contribution in [2.24, 2.45) is 0 Å². The number of para-hydroxylation sites is 1. The zero-order valence-corrected chi connectivity index (χ0v) is 14.8. The van der Waals surface area contributed by atoms with Gasteiger partial charge in [-0.25, -0.2) is 0 Å². The van der Waals surface area contributed by atoms with Gasteiger partial charge in [0.1, 0.15) is 11.5 Å². The SMILES string of the molecule is CCC(Oc1ccc(C)c(C)c1)C(=O)NCc1ccccc1OC. The van der Waals surface area contributed by atoms with Gasteiger partial charge in [-0.05, 0) is 49.6 Å². The Kier molecular flexibility index (Phi) is 6.24. The zero-order chi connectivity index (χ0) is 17.5. The molecule has 0 saturated carbocycles. The summed E-state index contributed by atoms with van der Waals surface area (Å²) in [6.45, 7) is 6.44. The van der Waals surface area contributed by atoms with Gasteiger partial charge in [-0.1, -0.05) is 31.2 Å². The quantitative estimate of drug-likeness (QED) is 0.842. The van der Waals surface area contributed by atoms with Crippen molar-refractivity contribution in [1.82, 2.24) is 5.32 Å². The van der Waals surface area contributed by atoms with E-state index < -0.39 is 6.10 Å². The number of ether oxygens (including phenoxy) is 2. The number of hydrogen-bond acceptors (Lipinski definition) is 3. The van der Waals surface area contributed by atoms with Crippen molar-refractivity contribution in [3.8, 4) is 11.5 Å². The lowest BCUT2D eigenvalue weighted by Gasteiger charge is -2.18. The molecule has 2 aromatic carbocycles. The molecule has 0 aromatic heterocycles. The summed E-state index contributed by atoms with van der Waals surface area (Å²) >= 11 is 0. The summed E-state index contributed by atoms with van der Waals surface area (Å²) in [6, 6.07) is 13.5. The highest BCUT2D eigenvalue weighted by Gasteiger charge is 2.18. The summed E-state index contributed by atoms with van der Waals surface area (Å²) in [7, 11) is 1.62. The fraction of sp³-hybridized carbons (Fsp3) is 0.350. The Hall–Kier alpha value is -2.49. The Labute approximate surface area is 143 Å². The second kappa shape index (κ2) is 8.39. The van der Waals surface area contributed by atoms with Crippen LogP contribution in [0.25, 0.3) is 0 Å². The fourth-order valence-electron chi connectivity index (χ4n) is 2.42. The smallest absolute Gasteiger partial charge is 0.261 e. The van der Waals surface area contributed by atoms with E-state index in [1.807, 2.05) is 56.3 Å². The molecule has 0 saturated heterocycles. The molecule has 1 atom stereocenters. The normalized spacial score (nSPS) is 11.7. The van der Waals surface area contributed by atoms with E-state index >= 15 is 0 Å². The number of benzene rings is 2. The molecule has 128 valence electrons. The van der Waals surface area contributed by atoms with Crippen molar-refractivity contribution in [2.45, 2.75) is 39.8 Å². The standard InChI is InChI=1S/C20H25NO3/c1-5-18(24-17-11-10-14(2)15(3)12-17)20(22)21-13-16-8-6-7-9-19(16)23-4/h6-12,18H,5,13H2,1-4H3,(H,21,22). The van der Waals surface area contributed by atoms with E-state index in [9.17, 15) is 4.79 Å². The third-order valence-electron chi connectivity index (χ3n) is 4.07. The lowest BCUT2D eigenvalue weighted by atomic mass is 10.1. The van der Waals surface area contributed by atoms with Gasteiger partial charge in [0.15, 0.2) is 6.10 Å². The first kappa shape index (κ1) is 17.9. The lowest BCUT2D eigenvalue weighted by molar-refractivity contribution is -0.128. The molecule has 0 radical (unpaired) electrons. The predicted octanol–water partition coefficient (Wildman–Crippen LogP) is 3.79. The fourth-order valence-corrected chi connectivity index (χ4v) is 2.42. The summed E-state index contributed by atoms with van der Waals surface area (Å²) < 4.78 is 11.2. The average Bonchev–Trinajstić information content (AvgIpc) is 2.60. The van der Waals surface area contributed by atoms with Crippen molar-refractivity contribution >= 4 is 5.91 Å². The Morgan fingerprint density at radius 2 is 1.88 bits per heavy atom. The monoisotopic (exact) mass is 327 g/mol. The topological polar surface area (TPSA) is 47.6 Å². The lowest BCUT2D eigenvalue weighted by Crippen LogP contribution is -2.37. The molecule has 2 rings (SSSR count). The Balaban J connectivity index is 1.99. The van der Waals surface area contributed by atoms with Crippen molar-refractivity contribution in [3.63, 3.8) is 0 Å². The first-order valence-corrected chi connectivity index (χ1v) is 8.18. The molecule has 4 heteroatoms. The van der Waals surface area contributed by atoms with Crippen LogP contribution < -0.4 is 14.8 Å². The summed E-state index contributed by atoms with van der Waals surface area (Å²) in [5.74, 6) is 1.36. The molecule has 0 aliphatic heterocycles. The number of nitrogens with one attached hydrogen (secondary N) is 1.